The third-order valence-electron chi connectivity index (χ3n) is 7.27. The number of benzene rings is 1. The third kappa shape index (κ3) is 4.26. The lowest BCUT2D eigenvalue weighted by molar-refractivity contribution is 0.0563. The molecule has 6 nitrogen and oxygen atoms in total. The van der Waals surface area contributed by atoms with Gasteiger partial charge in [-0.05, 0) is 68.0 Å². The summed E-state index contributed by atoms with van der Waals surface area (Å²) in [6, 6.07) is 9.12. The minimum atomic E-state index is 0.0667. The van der Waals surface area contributed by atoms with Gasteiger partial charge >= 0.3 is 0 Å². The van der Waals surface area contributed by atoms with Gasteiger partial charge in [0.05, 0.1) is 6.61 Å². The molecule has 3 atom stereocenters. The van der Waals surface area contributed by atoms with Crippen molar-refractivity contribution in [1.29, 1.82) is 0 Å². The van der Waals surface area contributed by atoms with Crippen LogP contribution in [0.2, 0.25) is 0 Å². The first-order valence-corrected chi connectivity index (χ1v) is 11.7. The van der Waals surface area contributed by atoms with Gasteiger partial charge in [0.15, 0.2) is 0 Å². The molecule has 0 radical (unpaired) electrons. The molecule has 172 valence electrons. The maximum atomic E-state index is 13.0. The fourth-order valence-corrected chi connectivity index (χ4v) is 5.17. The van der Waals surface area contributed by atoms with Crippen LogP contribution in [0.3, 0.4) is 0 Å². The van der Waals surface area contributed by atoms with E-state index in [4.69, 9.17) is 9.47 Å². The Morgan fingerprint density at radius 1 is 1.12 bits per heavy atom. The first kappa shape index (κ1) is 22.7. The van der Waals surface area contributed by atoms with Gasteiger partial charge in [0, 0.05) is 44.5 Å². The van der Waals surface area contributed by atoms with Crippen LogP contribution in [-0.4, -0.2) is 66.2 Å². The summed E-state index contributed by atoms with van der Waals surface area (Å²) in [7, 11) is 1.68. The van der Waals surface area contributed by atoms with Crippen LogP contribution in [0.25, 0.3) is 0 Å². The van der Waals surface area contributed by atoms with Crippen molar-refractivity contribution in [2.45, 2.75) is 58.7 Å². The minimum Gasteiger partial charge on any atom is -0.491 e. The number of piperazine rings is 1. The van der Waals surface area contributed by atoms with Gasteiger partial charge in [-0.3, -0.25) is 14.7 Å². The van der Waals surface area contributed by atoms with Crippen molar-refractivity contribution in [2.75, 3.05) is 33.4 Å². The molecule has 0 spiro atoms. The van der Waals surface area contributed by atoms with Crippen LogP contribution in [0.1, 0.15) is 59.1 Å². The number of likely N-dealkylation sites (tertiary alicyclic amines) is 2. The Morgan fingerprint density at radius 2 is 1.94 bits per heavy atom. The number of ether oxygens (including phenoxy) is 2. The molecule has 6 heteroatoms. The summed E-state index contributed by atoms with van der Waals surface area (Å²) in [6.45, 7) is 11.5. The van der Waals surface area contributed by atoms with Crippen molar-refractivity contribution in [1.82, 2.24) is 14.8 Å². The zero-order valence-electron chi connectivity index (χ0n) is 19.9. The molecule has 32 heavy (non-hydrogen) atoms. The lowest BCUT2D eigenvalue weighted by atomic mass is 9.96. The largest absolute Gasteiger partial charge is 0.491 e. The summed E-state index contributed by atoms with van der Waals surface area (Å²) < 4.78 is 11.0. The molecule has 2 saturated heterocycles. The number of rotatable bonds is 8. The van der Waals surface area contributed by atoms with Crippen molar-refractivity contribution in [3.05, 3.63) is 58.4 Å². The summed E-state index contributed by atoms with van der Waals surface area (Å²) in [4.78, 5) is 22.1. The monoisotopic (exact) mass is 437 g/mol. The zero-order valence-corrected chi connectivity index (χ0v) is 19.9. The summed E-state index contributed by atoms with van der Waals surface area (Å²) in [6.07, 6.45) is 3.80. The van der Waals surface area contributed by atoms with Gasteiger partial charge in [-0.25, -0.2) is 0 Å². The summed E-state index contributed by atoms with van der Waals surface area (Å²) in [5.41, 5.74) is 5.52. The van der Waals surface area contributed by atoms with E-state index < -0.39 is 0 Å². The van der Waals surface area contributed by atoms with Crippen molar-refractivity contribution >= 4 is 5.91 Å². The molecule has 2 fully saturated rings. The van der Waals surface area contributed by atoms with E-state index in [-0.39, 0.29) is 11.9 Å². The molecule has 1 aromatic carbocycles. The highest BCUT2D eigenvalue weighted by Gasteiger charge is 2.47. The Bertz CT molecular complexity index is 960. The fourth-order valence-electron chi connectivity index (χ4n) is 5.17. The van der Waals surface area contributed by atoms with Crippen molar-refractivity contribution in [2.24, 2.45) is 0 Å². The maximum absolute atomic E-state index is 13.0. The maximum Gasteiger partial charge on any atom is 0.272 e. The van der Waals surface area contributed by atoms with E-state index >= 15 is 0 Å². The molecule has 1 amide bonds. The second-order valence-electron chi connectivity index (χ2n) is 9.02. The molecule has 0 unspecified atom stereocenters. The quantitative estimate of drug-likeness (QED) is 0.586. The predicted octanol–water partition coefficient (Wildman–Crippen LogP) is 3.95. The van der Waals surface area contributed by atoms with Gasteiger partial charge < -0.3 is 14.4 Å². The van der Waals surface area contributed by atoms with Crippen molar-refractivity contribution in [3.8, 4) is 5.75 Å². The van der Waals surface area contributed by atoms with E-state index in [2.05, 4.69) is 49.7 Å². The Kier molecular flexibility index (Phi) is 6.82. The fraction of sp³-hybridized carbons (Fsp3) is 0.538. The van der Waals surface area contributed by atoms with Gasteiger partial charge in [0.1, 0.15) is 18.1 Å². The molecule has 2 bridgehead atoms. The van der Waals surface area contributed by atoms with Crippen LogP contribution in [0, 0.1) is 13.8 Å². The molecular formula is C26H35N3O3. The molecule has 3 heterocycles. The number of hydrogen-bond donors (Lipinski definition) is 0. The molecule has 2 aliphatic rings. The summed E-state index contributed by atoms with van der Waals surface area (Å²) in [5.74, 6) is 0.994. The van der Waals surface area contributed by atoms with Crippen LogP contribution in [0.15, 0.2) is 30.5 Å². The molecule has 1 aromatic heterocycles. The number of pyridine rings is 1. The Labute approximate surface area is 191 Å². The van der Waals surface area contributed by atoms with Gasteiger partial charge in [-0.15, -0.1) is 0 Å². The van der Waals surface area contributed by atoms with E-state index in [1.54, 1.807) is 7.11 Å². The number of aryl methyl sites for hydroxylation is 1. The number of fused-ring (bicyclic) bond motifs is 2. The highest BCUT2D eigenvalue weighted by atomic mass is 16.5. The number of carbonyl (C=O) groups excluding carboxylic acids is 1. The Hall–Kier alpha value is -2.44. The van der Waals surface area contributed by atoms with Crippen LogP contribution in [-0.2, 0) is 11.2 Å². The van der Waals surface area contributed by atoms with Crippen LogP contribution >= 0.6 is 0 Å². The normalized spacial score (nSPS) is 21.2. The van der Waals surface area contributed by atoms with Crippen LogP contribution in [0.5, 0.6) is 5.75 Å². The summed E-state index contributed by atoms with van der Waals surface area (Å²) in [5, 5.41) is 0. The first-order chi connectivity index (χ1) is 15.4. The molecular weight excluding hydrogens is 402 g/mol. The lowest BCUT2D eigenvalue weighted by Crippen LogP contribution is -2.49. The molecule has 0 saturated carbocycles. The Balaban J connectivity index is 1.43. The molecule has 4 rings (SSSR count). The highest BCUT2D eigenvalue weighted by molar-refractivity contribution is 5.93. The average molecular weight is 438 g/mol. The van der Waals surface area contributed by atoms with E-state index in [1.165, 1.54) is 16.7 Å². The number of hydrogen-bond acceptors (Lipinski definition) is 5. The number of amides is 1. The van der Waals surface area contributed by atoms with Crippen LogP contribution in [0.4, 0.5) is 0 Å². The van der Waals surface area contributed by atoms with E-state index in [1.807, 2.05) is 23.2 Å². The summed E-state index contributed by atoms with van der Waals surface area (Å²) >= 11 is 0. The van der Waals surface area contributed by atoms with Crippen molar-refractivity contribution in [3.63, 3.8) is 0 Å². The van der Waals surface area contributed by atoms with Gasteiger partial charge in [0.2, 0.25) is 0 Å². The second kappa shape index (κ2) is 9.59. The number of aromatic nitrogens is 1. The predicted molar refractivity (Wildman–Crippen MR) is 125 cm³/mol. The van der Waals surface area contributed by atoms with Gasteiger partial charge in [-0.2, -0.15) is 0 Å². The molecule has 0 aliphatic carbocycles. The number of carbonyl (C=O) groups is 1. The number of nitrogens with zero attached hydrogens (tertiary/aromatic N) is 3. The van der Waals surface area contributed by atoms with Gasteiger partial charge in [0.25, 0.3) is 5.91 Å². The smallest absolute Gasteiger partial charge is 0.272 e. The number of methoxy groups -OCH3 is 1. The second-order valence-corrected chi connectivity index (χ2v) is 9.02. The zero-order chi connectivity index (χ0) is 22.8. The molecule has 2 aliphatic heterocycles. The molecule has 0 N–H and O–H groups in total. The van der Waals surface area contributed by atoms with Crippen LogP contribution < -0.4 is 4.74 Å². The Morgan fingerprint density at radius 3 is 2.56 bits per heavy atom. The van der Waals surface area contributed by atoms with E-state index in [0.29, 0.717) is 31.0 Å². The van der Waals surface area contributed by atoms with E-state index in [9.17, 15) is 4.79 Å². The average Bonchev–Trinajstić information content (AvgIpc) is 3.42. The molecule has 2 aromatic rings. The lowest BCUT2D eigenvalue weighted by Gasteiger charge is -2.38. The highest BCUT2D eigenvalue weighted by Crippen LogP contribution is 2.39. The minimum absolute atomic E-state index is 0.0667. The van der Waals surface area contributed by atoms with Crippen molar-refractivity contribution < 1.29 is 14.3 Å². The first-order valence-electron chi connectivity index (χ1n) is 11.7. The SMILES string of the molecule is CCc1ccc(C(=O)N2C[C@H]3C[C@@H]2CN3[C@@H](C)c2ccc(OCCOC)c(C)c2C)nc1. The van der Waals surface area contributed by atoms with Gasteiger partial charge in [-0.1, -0.05) is 19.1 Å². The third-order valence-corrected chi connectivity index (χ3v) is 7.27. The standard InChI is InChI=1S/C26H35N3O3/c1-6-20-7-9-24(27-14-20)26(30)29-16-21-13-22(29)15-28(21)19(4)23-8-10-25(18(3)17(23)2)32-12-11-31-5/h7-10,14,19,21-22H,6,11-13,15-16H2,1-5H3/t19-,21+,22+/m0/s1. The topological polar surface area (TPSA) is 54.9 Å². The van der Waals surface area contributed by atoms with E-state index in [0.717, 1.165) is 37.2 Å².